The molecule has 2 rings (SSSR count). The second-order valence-electron chi connectivity index (χ2n) is 4.62. The van der Waals surface area contributed by atoms with E-state index in [9.17, 15) is 18.5 Å². The quantitative estimate of drug-likeness (QED) is 0.426. The van der Waals surface area contributed by atoms with Crippen LogP contribution in [0.25, 0.3) is 0 Å². The van der Waals surface area contributed by atoms with Gasteiger partial charge < -0.3 is 9.47 Å². The van der Waals surface area contributed by atoms with Crippen LogP contribution in [0.2, 0.25) is 0 Å². The van der Waals surface area contributed by atoms with Crippen LogP contribution >= 0.6 is 0 Å². The van der Waals surface area contributed by atoms with E-state index in [-0.39, 0.29) is 37.8 Å². The van der Waals surface area contributed by atoms with Crippen LogP contribution in [0, 0.1) is 10.1 Å². The fraction of sp³-hybridized carbons (Fsp3) is 0.286. The minimum absolute atomic E-state index is 0.0000501. The number of benzene rings is 1. The van der Waals surface area contributed by atoms with Gasteiger partial charge in [-0.25, -0.2) is 8.42 Å². The van der Waals surface area contributed by atoms with Crippen molar-refractivity contribution in [2.75, 3.05) is 26.3 Å². The molecule has 0 spiro atoms. The summed E-state index contributed by atoms with van der Waals surface area (Å²) in [5.74, 6) is 0.318. The number of nitro benzene ring substituents is 1. The average molecular weight is 340 g/mol. The number of hydrogen-bond acceptors (Lipinski definition) is 6. The van der Waals surface area contributed by atoms with E-state index in [1.807, 2.05) is 0 Å². The molecule has 1 aromatic carbocycles. The summed E-state index contributed by atoms with van der Waals surface area (Å²) in [4.78, 5) is 10.1. The van der Waals surface area contributed by atoms with Gasteiger partial charge in [-0.15, -0.1) is 13.2 Å². The molecule has 0 fully saturated rings. The van der Waals surface area contributed by atoms with Crippen molar-refractivity contribution in [1.29, 1.82) is 0 Å². The van der Waals surface area contributed by atoms with Gasteiger partial charge in [0, 0.05) is 19.2 Å². The molecule has 1 heterocycles. The summed E-state index contributed by atoms with van der Waals surface area (Å²) < 4.78 is 37.1. The zero-order valence-electron chi connectivity index (χ0n) is 12.3. The van der Waals surface area contributed by atoms with Gasteiger partial charge in [-0.2, -0.15) is 4.31 Å². The first-order valence-corrected chi connectivity index (χ1v) is 8.15. The van der Waals surface area contributed by atoms with Crippen LogP contribution in [0.3, 0.4) is 0 Å². The van der Waals surface area contributed by atoms with Crippen molar-refractivity contribution in [2.45, 2.75) is 4.90 Å². The highest BCUT2D eigenvalue weighted by atomic mass is 32.2. The monoisotopic (exact) mass is 340 g/mol. The summed E-state index contributed by atoms with van der Waals surface area (Å²) in [6.45, 7) is 7.49. The lowest BCUT2D eigenvalue weighted by Gasteiger charge is -2.22. The topological polar surface area (TPSA) is 99.0 Å². The fourth-order valence-corrected chi connectivity index (χ4v) is 3.64. The van der Waals surface area contributed by atoms with E-state index in [2.05, 4.69) is 13.2 Å². The first-order chi connectivity index (χ1) is 10.9. The van der Waals surface area contributed by atoms with E-state index < -0.39 is 25.5 Å². The highest BCUT2D eigenvalue weighted by Crippen LogP contribution is 2.39. The zero-order valence-corrected chi connectivity index (χ0v) is 13.1. The lowest BCUT2D eigenvalue weighted by Crippen LogP contribution is -2.32. The van der Waals surface area contributed by atoms with E-state index in [1.165, 1.54) is 12.2 Å². The summed E-state index contributed by atoms with van der Waals surface area (Å²) >= 11 is 0. The lowest BCUT2D eigenvalue weighted by molar-refractivity contribution is -0.388. The molecule has 9 heteroatoms. The van der Waals surface area contributed by atoms with Gasteiger partial charge in [-0.3, -0.25) is 10.1 Å². The Balaban J connectivity index is 2.61. The first-order valence-electron chi connectivity index (χ1n) is 6.71. The molecule has 8 nitrogen and oxygen atoms in total. The molecule has 124 valence electrons. The molecule has 23 heavy (non-hydrogen) atoms. The van der Waals surface area contributed by atoms with Crippen molar-refractivity contribution in [2.24, 2.45) is 0 Å². The molecule has 1 aromatic rings. The minimum atomic E-state index is -4.12. The Morgan fingerprint density at radius 1 is 1.17 bits per heavy atom. The highest BCUT2D eigenvalue weighted by molar-refractivity contribution is 7.89. The van der Waals surface area contributed by atoms with Gasteiger partial charge in [-0.1, -0.05) is 12.2 Å². The van der Waals surface area contributed by atoms with E-state index >= 15 is 0 Å². The Labute approximate surface area is 133 Å². The van der Waals surface area contributed by atoms with Crippen LogP contribution in [0.4, 0.5) is 5.69 Å². The second-order valence-corrected chi connectivity index (χ2v) is 6.53. The molecule has 1 aliphatic heterocycles. The molecular weight excluding hydrogens is 324 g/mol. The van der Waals surface area contributed by atoms with Crippen LogP contribution in [-0.4, -0.2) is 43.9 Å². The molecule has 0 N–H and O–H groups in total. The van der Waals surface area contributed by atoms with Gasteiger partial charge in [0.25, 0.3) is 15.7 Å². The number of nitro groups is 1. The van der Waals surface area contributed by atoms with Gasteiger partial charge in [0.05, 0.1) is 11.0 Å². The normalized spacial score (nSPS) is 13.6. The van der Waals surface area contributed by atoms with Gasteiger partial charge in [0.2, 0.25) is 0 Å². The van der Waals surface area contributed by atoms with Crippen molar-refractivity contribution in [1.82, 2.24) is 4.31 Å². The smallest absolute Gasteiger partial charge is 0.293 e. The maximum absolute atomic E-state index is 12.8. The van der Waals surface area contributed by atoms with E-state index in [0.717, 1.165) is 16.4 Å². The standard InChI is InChI=1S/C14H16N2O6S/c1-3-5-15(6-4-2)23(19,20)14-10-13-12(21-7-8-22-13)9-11(14)16(17)18/h3-4,9-10H,1-2,5-8H2. The highest BCUT2D eigenvalue weighted by Gasteiger charge is 2.33. The molecule has 0 atom stereocenters. The molecule has 0 unspecified atom stereocenters. The predicted octanol–water partition coefficient (Wildman–Crippen LogP) is 1.73. The fourth-order valence-electron chi connectivity index (χ4n) is 2.11. The molecule has 0 aromatic heterocycles. The third-order valence-corrected chi connectivity index (χ3v) is 4.96. The molecule has 0 saturated carbocycles. The summed E-state index contributed by atoms with van der Waals surface area (Å²) in [5.41, 5.74) is -0.563. The van der Waals surface area contributed by atoms with Crippen molar-refractivity contribution in [3.8, 4) is 11.5 Å². The molecule has 1 aliphatic rings. The summed E-state index contributed by atoms with van der Waals surface area (Å²) in [6.07, 6.45) is 2.79. The number of fused-ring (bicyclic) bond motifs is 1. The first kappa shape index (κ1) is 17.0. The van der Waals surface area contributed by atoms with Crippen LogP contribution in [0.1, 0.15) is 0 Å². The van der Waals surface area contributed by atoms with Crippen LogP contribution in [0.5, 0.6) is 11.5 Å². The van der Waals surface area contributed by atoms with E-state index in [0.29, 0.717) is 0 Å². The maximum atomic E-state index is 12.8. The van der Waals surface area contributed by atoms with Gasteiger partial charge in [0.1, 0.15) is 13.2 Å². The van der Waals surface area contributed by atoms with E-state index in [4.69, 9.17) is 9.47 Å². The van der Waals surface area contributed by atoms with E-state index in [1.54, 1.807) is 0 Å². The van der Waals surface area contributed by atoms with Crippen molar-refractivity contribution in [3.05, 3.63) is 47.6 Å². The van der Waals surface area contributed by atoms with Gasteiger partial charge in [-0.05, 0) is 0 Å². The Kier molecular flexibility index (Phi) is 5.02. The van der Waals surface area contributed by atoms with Crippen LogP contribution in [0.15, 0.2) is 42.3 Å². The zero-order chi connectivity index (χ0) is 17.0. The Morgan fingerprint density at radius 3 is 2.17 bits per heavy atom. The lowest BCUT2D eigenvalue weighted by atomic mass is 10.2. The third kappa shape index (κ3) is 3.35. The molecule has 0 saturated heterocycles. The summed E-state index contributed by atoms with van der Waals surface area (Å²) in [6, 6.07) is 2.20. The van der Waals surface area contributed by atoms with Crippen LogP contribution < -0.4 is 9.47 Å². The van der Waals surface area contributed by atoms with Crippen LogP contribution in [-0.2, 0) is 10.0 Å². The third-order valence-electron chi connectivity index (χ3n) is 3.10. The number of hydrogen-bond donors (Lipinski definition) is 0. The maximum Gasteiger partial charge on any atom is 0.293 e. The van der Waals surface area contributed by atoms with Crippen molar-refractivity contribution in [3.63, 3.8) is 0 Å². The Bertz CT molecular complexity index is 734. The van der Waals surface area contributed by atoms with Gasteiger partial charge in [0.15, 0.2) is 16.4 Å². The SMILES string of the molecule is C=CCN(CC=C)S(=O)(=O)c1cc2c(cc1[N+](=O)[O-])OCCO2. The molecule has 0 aliphatic carbocycles. The average Bonchev–Trinajstić information content (AvgIpc) is 2.53. The Morgan fingerprint density at radius 2 is 1.70 bits per heavy atom. The minimum Gasteiger partial charge on any atom is -0.486 e. The molecule has 0 amide bonds. The number of rotatable bonds is 7. The molecular formula is C14H16N2O6S. The summed E-state index contributed by atoms with van der Waals surface area (Å²) in [7, 11) is -4.12. The summed E-state index contributed by atoms with van der Waals surface area (Å²) in [5, 5.41) is 11.3. The Hall–Kier alpha value is -2.39. The number of ether oxygens (including phenoxy) is 2. The van der Waals surface area contributed by atoms with Gasteiger partial charge >= 0.3 is 0 Å². The molecule has 0 bridgehead atoms. The van der Waals surface area contributed by atoms with Crippen molar-refractivity contribution < 1.29 is 22.8 Å². The number of sulfonamides is 1. The predicted molar refractivity (Wildman–Crippen MR) is 83.2 cm³/mol. The second kappa shape index (κ2) is 6.80. The van der Waals surface area contributed by atoms with Crippen molar-refractivity contribution >= 4 is 15.7 Å². The number of nitrogens with zero attached hydrogens (tertiary/aromatic N) is 2. The largest absolute Gasteiger partial charge is 0.486 e. The molecule has 0 radical (unpaired) electrons.